The summed E-state index contributed by atoms with van der Waals surface area (Å²) in [4.78, 5) is 12.1. The Balaban J connectivity index is 2.42. The van der Waals surface area contributed by atoms with E-state index in [2.05, 4.69) is 0 Å². The zero-order valence-electron chi connectivity index (χ0n) is 8.72. The predicted octanol–water partition coefficient (Wildman–Crippen LogP) is 2.85. The number of hydrogen-bond acceptors (Lipinski definition) is 1. The number of rotatable bonds is 3. The third-order valence-corrected chi connectivity index (χ3v) is 2.45. The summed E-state index contributed by atoms with van der Waals surface area (Å²) in [5.41, 5.74) is 1.67. The van der Waals surface area contributed by atoms with Gasteiger partial charge in [-0.25, -0.2) is 5.11 Å². The van der Waals surface area contributed by atoms with Crippen molar-refractivity contribution >= 4 is 5.78 Å². The molecule has 2 aromatic rings. The molecule has 0 aromatic heterocycles. The van der Waals surface area contributed by atoms with Crippen LogP contribution in [0.15, 0.2) is 54.6 Å². The van der Waals surface area contributed by atoms with Crippen molar-refractivity contribution in [3.63, 3.8) is 0 Å². The highest BCUT2D eigenvalue weighted by Gasteiger charge is 2.11. The Bertz CT molecular complexity index is 489. The molecule has 0 heterocycles. The van der Waals surface area contributed by atoms with Gasteiger partial charge in [0.25, 0.3) is 0 Å². The highest BCUT2D eigenvalue weighted by molar-refractivity contribution is 6.09. The maximum atomic E-state index is 12.1. The van der Waals surface area contributed by atoms with Gasteiger partial charge in [0, 0.05) is 11.1 Å². The molecule has 0 bridgehead atoms. The molecule has 0 aliphatic carbocycles. The fourth-order valence-electron chi connectivity index (χ4n) is 1.61. The quantitative estimate of drug-likeness (QED) is 0.719. The molecule has 1 radical (unpaired) electrons. The summed E-state index contributed by atoms with van der Waals surface area (Å²) < 4.78 is 0. The molecule has 0 fully saturated rings. The van der Waals surface area contributed by atoms with Gasteiger partial charge in [-0.15, -0.1) is 0 Å². The van der Waals surface area contributed by atoms with Gasteiger partial charge in [-0.3, -0.25) is 4.79 Å². The predicted molar refractivity (Wildman–Crippen MR) is 60.7 cm³/mol. The van der Waals surface area contributed by atoms with Crippen molar-refractivity contribution in [2.24, 2.45) is 0 Å². The van der Waals surface area contributed by atoms with Gasteiger partial charge in [0.15, 0.2) is 5.78 Å². The molecule has 0 atom stereocenters. The van der Waals surface area contributed by atoms with Crippen LogP contribution in [-0.4, -0.2) is 5.78 Å². The molecular weight excluding hydrogens is 200 g/mol. The molecule has 0 N–H and O–H groups in total. The van der Waals surface area contributed by atoms with Gasteiger partial charge in [0.05, 0.1) is 0 Å². The molecule has 0 saturated carbocycles. The van der Waals surface area contributed by atoms with Gasteiger partial charge in [-0.05, 0) is 5.56 Å². The maximum absolute atomic E-state index is 12.1. The maximum Gasteiger partial charge on any atom is 0.193 e. The zero-order valence-corrected chi connectivity index (χ0v) is 8.72. The summed E-state index contributed by atoms with van der Waals surface area (Å²) in [5, 5.41) is 10.9. The van der Waals surface area contributed by atoms with Crippen LogP contribution in [0, 0.1) is 0 Å². The Labute approximate surface area is 94.2 Å². The Morgan fingerprint density at radius 1 is 0.875 bits per heavy atom. The van der Waals surface area contributed by atoms with Gasteiger partial charge in [0.2, 0.25) is 0 Å². The van der Waals surface area contributed by atoms with Crippen LogP contribution in [0.2, 0.25) is 0 Å². The van der Waals surface area contributed by atoms with Crippen LogP contribution >= 0.6 is 0 Å². The summed E-state index contributed by atoms with van der Waals surface area (Å²) in [6, 6.07) is 15.9. The van der Waals surface area contributed by atoms with E-state index >= 15 is 0 Å². The molecule has 0 amide bonds. The van der Waals surface area contributed by atoms with Crippen molar-refractivity contribution < 1.29 is 9.90 Å². The van der Waals surface area contributed by atoms with E-state index in [0.29, 0.717) is 16.7 Å². The molecule has 0 unspecified atom stereocenters. The molecule has 0 spiro atoms. The lowest BCUT2D eigenvalue weighted by Gasteiger charge is -2.05. The molecular formula is C14H11O2. The second kappa shape index (κ2) is 4.73. The zero-order chi connectivity index (χ0) is 11.4. The first-order valence-electron chi connectivity index (χ1n) is 5.08. The minimum Gasteiger partial charge on any atom is -0.289 e. The first-order chi connectivity index (χ1) is 7.83. The number of ketones is 1. The van der Waals surface area contributed by atoms with Crippen LogP contribution < -0.4 is 0 Å². The van der Waals surface area contributed by atoms with Crippen LogP contribution in [0.1, 0.15) is 21.5 Å². The molecule has 2 aromatic carbocycles. The fraction of sp³-hybridized carbons (Fsp3) is 0.0714. The molecule has 2 heteroatoms. The SMILES string of the molecule is [O]Cc1ccccc1C(=O)c1ccccc1. The molecule has 2 nitrogen and oxygen atoms in total. The standard InChI is InChI=1S/C14H11O2/c15-10-12-8-4-5-9-13(12)14(16)11-6-2-1-3-7-11/h1-9H,10H2. The lowest BCUT2D eigenvalue weighted by molar-refractivity contribution is 0.103. The lowest BCUT2D eigenvalue weighted by Crippen LogP contribution is -2.04. The monoisotopic (exact) mass is 211 g/mol. The van der Waals surface area contributed by atoms with Crippen molar-refractivity contribution in [1.29, 1.82) is 0 Å². The van der Waals surface area contributed by atoms with E-state index in [-0.39, 0.29) is 12.4 Å². The third kappa shape index (κ3) is 2.02. The second-order valence-corrected chi connectivity index (χ2v) is 3.50. The van der Waals surface area contributed by atoms with E-state index in [9.17, 15) is 9.90 Å². The molecule has 0 aliphatic rings. The summed E-state index contributed by atoms with van der Waals surface area (Å²) >= 11 is 0. The van der Waals surface area contributed by atoms with Crippen molar-refractivity contribution in [1.82, 2.24) is 0 Å². The van der Waals surface area contributed by atoms with Gasteiger partial charge >= 0.3 is 0 Å². The van der Waals surface area contributed by atoms with Crippen LogP contribution in [0.4, 0.5) is 0 Å². The third-order valence-electron chi connectivity index (χ3n) is 2.45. The Morgan fingerprint density at radius 2 is 1.50 bits per heavy atom. The summed E-state index contributed by atoms with van der Waals surface area (Å²) in [5.74, 6) is -0.0907. The largest absolute Gasteiger partial charge is 0.289 e. The lowest BCUT2D eigenvalue weighted by atomic mass is 9.99. The van der Waals surface area contributed by atoms with E-state index in [1.54, 1.807) is 36.4 Å². The molecule has 0 saturated heterocycles. The van der Waals surface area contributed by atoms with Gasteiger partial charge in [0.1, 0.15) is 6.61 Å². The number of benzene rings is 2. The topological polar surface area (TPSA) is 37.0 Å². The van der Waals surface area contributed by atoms with Gasteiger partial charge in [-0.2, -0.15) is 0 Å². The minimum atomic E-state index is -0.366. The number of carbonyl (C=O) groups is 1. The summed E-state index contributed by atoms with van der Waals surface area (Å²) in [7, 11) is 0. The summed E-state index contributed by atoms with van der Waals surface area (Å²) in [6.45, 7) is -0.366. The molecule has 79 valence electrons. The first kappa shape index (κ1) is 10.6. The summed E-state index contributed by atoms with van der Waals surface area (Å²) in [6.07, 6.45) is 0. The first-order valence-corrected chi connectivity index (χ1v) is 5.08. The normalized spacial score (nSPS) is 10.1. The number of hydrogen-bond donors (Lipinski definition) is 0. The highest BCUT2D eigenvalue weighted by atomic mass is 16.3. The van der Waals surface area contributed by atoms with Gasteiger partial charge in [-0.1, -0.05) is 54.6 Å². The van der Waals surface area contributed by atoms with Crippen LogP contribution in [0.5, 0.6) is 0 Å². The Hall–Kier alpha value is -1.93. The average molecular weight is 211 g/mol. The van der Waals surface area contributed by atoms with Crippen LogP contribution in [-0.2, 0) is 11.7 Å². The van der Waals surface area contributed by atoms with Crippen LogP contribution in [0.25, 0.3) is 0 Å². The molecule has 0 aliphatic heterocycles. The van der Waals surface area contributed by atoms with Crippen LogP contribution in [0.3, 0.4) is 0 Å². The smallest absolute Gasteiger partial charge is 0.193 e. The van der Waals surface area contributed by atoms with Crippen molar-refractivity contribution in [3.8, 4) is 0 Å². The van der Waals surface area contributed by atoms with E-state index in [1.165, 1.54) is 0 Å². The van der Waals surface area contributed by atoms with E-state index < -0.39 is 0 Å². The van der Waals surface area contributed by atoms with Crippen molar-refractivity contribution in [2.45, 2.75) is 6.61 Å². The van der Waals surface area contributed by atoms with Gasteiger partial charge < -0.3 is 0 Å². The Morgan fingerprint density at radius 3 is 2.19 bits per heavy atom. The van der Waals surface area contributed by atoms with Crippen molar-refractivity contribution in [3.05, 3.63) is 71.3 Å². The minimum absolute atomic E-state index is 0.0907. The van der Waals surface area contributed by atoms with E-state index in [0.717, 1.165) is 0 Å². The van der Waals surface area contributed by atoms with E-state index in [1.807, 2.05) is 18.2 Å². The molecule has 16 heavy (non-hydrogen) atoms. The Kier molecular flexibility index (Phi) is 3.13. The fourth-order valence-corrected chi connectivity index (χ4v) is 1.61. The average Bonchev–Trinajstić information content (AvgIpc) is 2.39. The van der Waals surface area contributed by atoms with Crippen molar-refractivity contribution in [2.75, 3.05) is 0 Å². The highest BCUT2D eigenvalue weighted by Crippen LogP contribution is 2.14. The molecule has 2 rings (SSSR count). The second-order valence-electron chi connectivity index (χ2n) is 3.50. The number of carbonyl (C=O) groups excluding carboxylic acids is 1. The van der Waals surface area contributed by atoms with E-state index in [4.69, 9.17) is 0 Å².